The number of hydrogen-bond acceptors (Lipinski definition) is 5. The molecule has 3 N–H and O–H groups in total. The summed E-state index contributed by atoms with van der Waals surface area (Å²) in [6.07, 6.45) is 0. The van der Waals surface area contributed by atoms with Gasteiger partial charge in [-0.1, -0.05) is 16.1 Å². The molecule has 0 aliphatic heterocycles. The van der Waals surface area contributed by atoms with Gasteiger partial charge in [0.25, 0.3) is 0 Å². The van der Waals surface area contributed by atoms with Crippen LogP contribution in [-0.4, -0.2) is 65.2 Å². The van der Waals surface area contributed by atoms with E-state index in [1.165, 1.54) is 0 Å². The van der Waals surface area contributed by atoms with Gasteiger partial charge in [0, 0.05) is 6.07 Å². The van der Waals surface area contributed by atoms with Crippen LogP contribution in [0.2, 0.25) is 5.02 Å². The fraction of sp³-hybridized carbons (Fsp3) is 0. The van der Waals surface area contributed by atoms with Gasteiger partial charge >= 0.3 is 50.2 Å². The summed E-state index contributed by atoms with van der Waals surface area (Å²) >= 11 is 5.41. The number of phenolic OH excluding ortho intramolecular Hbond substituents is 1. The molecule has 0 aliphatic carbocycles. The molecule has 0 radical (unpaired) electrons. The Bertz CT molecular complexity index is 697. The number of aromatic hydroxyl groups is 1. The van der Waals surface area contributed by atoms with Crippen molar-refractivity contribution in [1.82, 2.24) is 4.64 Å². The van der Waals surface area contributed by atoms with Crippen LogP contribution in [0.1, 0.15) is 0 Å². The summed E-state index contributed by atoms with van der Waals surface area (Å²) in [7, 11) is -11.1. The second-order valence-corrected chi connectivity index (χ2v) is 5.88. The predicted octanol–water partition coefficient (Wildman–Crippen LogP) is -0.0894. The Hall–Kier alpha value is -0.180. The van der Waals surface area contributed by atoms with E-state index in [1.807, 2.05) is 0 Å². The van der Waals surface area contributed by atoms with Gasteiger partial charge in [-0.3, -0.25) is 9.11 Å². The van der Waals surface area contributed by atoms with E-state index in [1.54, 1.807) is 0 Å². The van der Waals surface area contributed by atoms with Crippen LogP contribution in [0.3, 0.4) is 0 Å². The molecular weight excluding hydrogens is 354 g/mol. The summed E-state index contributed by atoms with van der Waals surface area (Å²) in [5.74, 6) is -0.712. The van der Waals surface area contributed by atoms with Crippen LogP contribution in [0.15, 0.2) is 18.2 Å². The normalized spacial score (nSPS) is 12.1. The first kappa shape index (κ1) is 19.8. The molecule has 0 bridgehead atoms. The molecule has 1 rings (SSSR count). The Kier molecular flexibility index (Phi) is 6.66. The van der Waals surface area contributed by atoms with Crippen molar-refractivity contribution < 1.29 is 35.5 Å². The molecule has 20 heavy (non-hydrogen) atoms. The van der Waals surface area contributed by atoms with Crippen LogP contribution in [0.25, 0.3) is 0 Å². The number of anilines is 1. The third-order valence-electron chi connectivity index (χ3n) is 1.70. The van der Waals surface area contributed by atoms with E-state index in [0.29, 0.717) is 6.07 Å². The first-order chi connectivity index (χ1) is 8.44. The average molecular weight is 361 g/mol. The van der Waals surface area contributed by atoms with Gasteiger partial charge in [-0.15, -0.1) is 4.41 Å². The zero-order valence-electron chi connectivity index (χ0n) is 8.67. The molecule has 110 valence electrons. The molecule has 0 fully saturated rings. The van der Waals surface area contributed by atoms with Gasteiger partial charge in [0.1, 0.15) is 10.4 Å². The predicted molar refractivity (Wildman–Crippen MR) is 68.8 cm³/mol. The molecule has 0 unspecified atom stereocenters. The van der Waals surface area contributed by atoms with Crippen LogP contribution < -0.4 is 4.41 Å². The van der Waals surface area contributed by atoms with Gasteiger partial charge in [-0.2, -0.15) is 16.8 Å². The van der Waals surface area contributed by atoms with Gasteiger partial charge in [0.2, 0.25) is 0 Å². The van der Waals surface area contributed by atoms with E-state index >= 15 is 0 Å². The second kappa shape index (κ2) is 6.72. The first-order valence-electron chi connectivity index (χ1n) is 4.14. The quantitative estimate of drug-likeness (QED) is 0.295. The monoisotopic (exact) mass is 360 g/mol. The summed E-state index contributed by atoms with van der Waals surface area (Å²) in [4.78, 5) is 0. The molecular formula is C6H7ClFN2NaO7S2. The van der Waals surface area contributed by atoms with Crippen molar-refractivity contribution in [2.45, 2.75) is 0 Å². The van der Waals surface area contributed by atoms with Crippen molar-refractivity contribution in [2.24, 2.45) is 0 Å². The average Bonchev–Trinajstić information content (AvgIpc) is 2.20. The molecule has 0 spiro atoms. The summed E-state index contributed by atoms with van der Waals surface area (Å²) in [5, 5.41) is 8.97. The van der Waals surface area contributed by atoms with Crippen molar-refractivity contribution in [3.05, 3.63) is 23.2 Å². The third kappa shape index (κ3) is 4.68. The molecule has 0 aromatic heterocycles. The van der Waals surface area contributed by atoms with Gasteiger partial charge < -0.3 is 5.11 Å². The van der Waals surface area contributed by atoms with Gasteiger partial charge in [0.15, 0.2) is 0 Å². The van der Waals surface area contributed by atoms with Crippen LogP contribution in [0.4, 0.5) is 10.2 Å². The van der Waals surface area contributed by atoms with E-state index in [2.05, 4.69) is 0 Å². The Morgan fingerprint density at radius 3 is 1.95 bits per heavy atom. The molecule has 0 saturated carbocycles. The Morgan fingerprint density at radius 1 is 1.10 bits per heavy atom. The molecule has 9 nitrogen and oxygen atoms in total. The van der Waals surface area contributed by atoms with E-state index in [4.69, 9.17) is 20.7 Å². The fourth-order valence-corrected chi connectivity index (χ4v) is 2.47. The molecule has 0 aliphatic rings. The van der Waals surface area contributed by atoms with E-state index < -0.39 is 41.1 Å². The Labute approximate surface area is 140 Å². The van der Waals surface area contributed by atoms with Gasteiger partial charge in [-0.05, 0) is 12.1 Å². The number of phenols is 1. The third-order valence-corrected chi connectivity index (χ3v) is 3.46. The second-order valence-electron chi connectivity index (χ2n) is 3.03. The Balaban J connectivity index is 0.00000361. The van der Waals surface area contributed by atoms with Crippen LogP contribution in [0.5, 0.6) is 5.75 Å². The van der Waals surface area contributed by atoms with Crippen LogP contribution in [0, 0.1) is 0 Å². The molecule has 1 aromatic carbocycles. The Morgan fingerprint density at radius 2 is 1.60 bits per heavy atom. The van der Waals surface area contributed by atoms with Crippen molar-refractivity contribution in [2.75, 3.05) is 4.41 Å². The van der Waals surface area contributed by atoms with Gasteiger partial charge in [-0.25, -0.2) is 0 Å². The number of benzene rings is 1. The van der Waals surface area contributed by atoms with E-state index in [9.17, 15) is 26.4 Å². The minimum atomic E-state index is -5.62. The number of nitrogens with zero attached hydrogens (tertiary/aromatic N) is 2. The van der Waals surface area contributed by atoms with Crippen molar-refractivity contribution in [3.8, 4) is 5.75 Å². The zero-order valence-corrected chi connectivity index (χ0v) is 11.1. The number of halogens is 2. The summed E-state index contributed by atoms with van der Waals surface area (Å²) in [5.41, 5.74) is -0.829. The van der Waals surface area contributed by atoms with Crippen molar-refractivity contribution >= 4 is 67.5 Å². The number of hydrogen-bond donors (Lipinski definition) is 3. The fourth-order valence-electron chi connectivity index (χ4n) is 1.02. The summed E-state index contributed by atoms with van der Waals surface area (Å²) in [6, 6.07) is 2.23. The standard InChI is InChI=1S/C6H6ClFN2O7S2.Na.H/c7-5-2-1-4(3-6(5)11)9(18(12,13)14)10(8)19(15,16)17;;/h1-3,11H,(H,12,13,14)(H,15,16,17);;. The molecule has 0 saturated heterocycles. The molecule has 14 heteroatoms. The van der Waals surface area contributed by atoms with Gasteiger partial charge in [0.05, 0.1) is 10.7 Å². The SMILES string of the molecule is O=S(=O)(O)N(F)N(c1ccc(Cl)c(O)c1)S(=O)(=O)O.[NaH]. The van der Waals surface area contributed by atoms with E-state index in [0.717, 1.165) is 12.1 Å². The maximum atomic E-state index is 13.3. The molecule has 0 heterocycles. The van der Waals surface area contributed by atoms with Crippen LogP contribution >= 0.6 is 11.6 Å². The van der Waals surface area contributed by atoms with Crippen molar-refractivity contribution in [3.63, 3.8) is 0 Å². The topological polar surface area (TPSA) is 135 Å². The first-order valence-corrected chi connectivity index (χ1v) is 7.31. The summed E-state index contributed by atoms with van der Waals surface area (Å²) < 4.78 is 70.9. The van der Waals surface area contributed by atoms with Crippen molar-refractivity contribution in [1.29, 1.82) is 0 Å². The van der Waals surface area contributed by atoms with E-state index in [-0.39, 0.29) is 34.6 Å². The number of hydrazine groups is 1. The molecule has 1 aromatic rings. The molecule has 0 amide bonds. The number of rotatable bonds is 4. The summed E-state index contributed by atoms with van der Waals surface area (Å²) in [6.45, 7) is 0. The maximum absolute atomic E-state index is 13.3. The molecule has 0 atom stereocenters. The minimum absolute atomic E-state index is 0. The zero-order chi connectivity index (χ0) is 15.0. The van der Waals surface area contributed by atoms with Crippen LogP contribution in [-0.2, 0) is 20.6 Å².